The number of nitrogens with one attached hydrogen (secondary N) is 1. The minimum Gasteiger partial charge on any atom is -0.310 e. The summed E-state index contributed by atoms with van der Waals surface area (Å²) in [5.41, 5.74) is 1.43. The molecule has 0 amide bonds. The molecule has 0 radical (unpaired) electrons. The van der Waals surface area contributed by atoms with E-state index in [1.165, 1.54) is 23.3 Å². The second-order valence-electron chi connectivity index (χ2n) is 3.71. The standard InChI is InChI=1S/C11H19NS/c1-4-5-11-6-10(8-13-11)7-12-9(2)3/h6,8-9,12H,4-5,7H2,1-3H3. The summed E-state index contributed by atoms with van der Waals surface area (Å²) in [6, 6.07) is 2.90. The highest BCUT2D eigenvalue weighted by molar-refractivity contribution is 7.10. The highest BCUT2D eigenvalue weighted by atomic mass is 32.1. The number of thiophene rings is 1. The number of aryl methyl sites for hydroxylation is 1. The van der Waals surface area contributed by atoms with Crippen molar-refractivity contribution in [1.29, 1.82) is 0 Å². The van der Waals surface area contributed by atoms with Crippen LogP contribution in [-0.4, -0.2) is 6.04 Å². The zero-order valence-corrected chi connectivity index (χ0v) is 9.58. The Morgan fingerprint density at radius 2 is 2.23 bits per heavy atom. The van der Waals surface area contributed by atoms with Gasteiger partial charge in [-0.05, 0) is 23.4 Å². The summed E-state index contributed by atoms with van der Waals surface area (Å²) in [6.07, 6.45) is 2.48. The van der Waals surface area contributed by atoms with Gasteiger partial charge in [0.15, 0.2) is 0 Å². The summed E-state index contributed by atoms with van der Waals surface area (Å²) in [5, 5.41) is 5.69. The number of rotatable bonds is 5. The third-order valence-electron chi connectivity index (χ3n) is 1.92. The molecule has 2 heteroatoms. The predicted molar refractivity (Wildman–Crippen MR) is 60.3 cm³/mol. The summed E-state index contributed by atoms with van der Waals surface area (Å²) in [5.74, 6) is 0. The van der Waals surface area contributed by atoms with Crippen molar-refractivity contribution in [3.63, 3.8) is 0 Å². The van der Waals surface area contributed by atoms with E-state index in [-0.39, 0.29) is 0 Å². The average molecular weight is 197 g/mol. The van der Waals surface area contributed by atoms with Gasteiger partial charge in [-0.2, -0.15) is 0 Å². The summed E-state index contributed by atoms with van der Waals surface area (Å²) in [7, 11) is 0. The van der Waals surface area contributed by atoms with Crippen molar-refractivity contribution in [3.8, 4) is 0 Å². The van der Waals surface area contributed by atoms with Crippen molar-refractivity contribution in [2.75, 3.05) is 0 Å². The minimum absolute atomic E-state index is 0.578. The highest BCUT2D eigenvalue weighted by Crippen LogP contribution is 2.16. The van der Waals surface area contributed by atoms with Crippen LogP contribution >= 0.6 is 11.3 Å². The molecule has 74 valence electrons. The Bertz CT molecular complexity index is 240. The normalized spacial score (nSPS) is 11.1. The van der Waals surface area contributed by atoms with Crippen LogP contribution in [-0.2, 0) is 13.0 Å². The Morgan fingerprint density at radius 3 is 2.85 bits per heavy atom. The quantitative estimate of drug-likeness (QED) is 0.764. The van der Waals surface area contributed by atoms with Crippen LogP contribution in [0.4, 0.5) is 0 Å². The maximum Gasteiger partial charge on any atom is 0.0216 e. The van der Waals surface area contributed by atoms with Crippen LogP contribution in [0, 0.1) is 0 Å². The fourth-order valence-corrected chi connectivity index (χ4v) is 2.21. The van der Waals surface area contributed by atoms with E-state index >= 15 is 0 Å². The molecule has 0 aromatic carbocycles. The van der Waals surface area contributed by atoms with Gasteiger partial charge in [-0.15, -0.1) is 11.3 Å². The van der Waals surface area contributed by atoms with Gasteiger partial charge in [0.05, 0.1) is 0 Å². The van der Waals surface area contributed by atoms with Crippen LogP contribution in [0.15, 0.2) is 11.4 Å². The Labute approximate surface area is 85.2 Å². The van der Waals surface area contributed by atoms with Gasteiger partial charge in [-0.3, -0.25) is 0 Å². The highest BCUT2D eigenvalue weighted by Gasteiger charge is 1.99. The summed E-state index contributed by atoms with van der Waals surface area (Å²) < 4.78 is 0. The van der Waals surface area contributed by atoms with Crippen LogP contribution in [0.5, 0.6) is 0 Å². The van der Waals surface area contributed by atoms with Gasteiger partial charge in [0.25, 0.3) is 0 Å². The van der Waals surface area contributed by atoms with E-state index in [1.54, 1.807) is 0 Å². The molecule has 0 fully saturated rings. The molecule has 0 spiro atoms. The molecule has 0 aliphatic carbocycles. The van der Waals surface area contributed by atoms with E-state index < -0.39 is 0 Å². The molecule has 1 aromatic heterocycles. The van der Waals surface area contributed by atoms with Crippen molar-refractivity contribution in [2.45, 2.75) is 46.2 Å². The zero-order chi connectivity index (χ0) is 9.68. The summed E-state index contributed by atoms with van der Waals surface area (Å²) in [4.78, 5) is 1.52. The third-order valence-corrected chi connectivity index (χ3v) is 2.96. The van der Waals surface area contributed by atoms with Crippen LogP contribution in [0.25, 0.3) is 0 Å². The van der Waals surface area contributed by atoms with Gasteiger partial charge < -0.3 is 5.32 Å². The fraction of sp³-hybridized carbons (Fsp3) is 0.636. The molecule has 1 nitrogen and oxygen atoms in total. The first-order valence-electron chi connectivity index (χ1n) is 5.02. The average Bonchev–Trinajstić information content (AvgIpc) is 2.50. The molecule has 1 aromatic rings. The lowest BCUT2D eigenvalue weighted by molar-refractivity contribution is 0.589. The Morgan fingerprint density at radius 1 is 1.46 bits per heavy atom. The molecule has 0 atom stereocenters. The number of hydrogen-bond donors (Lipinski definition) is 1. The number of hydrogen-bond acceptors (Lipinski definition) is 2. The lowest BCUT2D eigenvalue weighted by Gasteiger charge is -2.05. The lowest BCUT2D eigenvalue weighted by Crippen LogP contribution is -2.21. The topological polar surface area (TPSA) is 12.0 Å². The molecule has 0 saturated heterocycles. The van der Waals surface area contributed by atoms with Crippen molar-refractivity contribution in [2.24, 2.45) is 0 Å². The van der Waals surface area contributed by atoms with Crippen LogP contribution in [0.3, 0.4) is 0 Å². The van der Waals surface area contributed by atoms with Gasteiger partial charge in [0, 0.05) is 17.5 Å². The first-order valence-corrected chi connectivity index (χ1v) is 5.90. The second kappa shape index (κ2) is 5.40. The van der Waals surface area contributed by atoms with Gasteiger partial charge in [-0.25, -0.2) is 0 Å². The Balaban J connectivity index is 2.39. The molecular weight excluding hydrogens is 178 g/mol. The van der Waals surface area contributed by atoms with E-state index in [1.807, 2.05) is 11.3 Å². The van der Waals surface area contributed by atoms with Gasteiger partial charge >= 0.3 is 0 Å². The van der Waals surface area contributed by atoms with Crippen molar-refractivity contribution in [3.05, 3.63) is 21.9 Å². The van der Waals surface area contributed by atoms with Crippen molar-refractivity contribution < 1.29 is 0 Å². The molecule has 0 bridgehead atoms. The Kier molecular flexibility index (Phi) is 4.46. The van der Waals surface area contributed by atoms with E-state index in [4.69, 9.17) is 0 Å². The first kappa shape index (κ1) is 10.7. The fourth-order valence-electron chi connectivity index (χ4n) is 1.22. The molecule has 0 unspecified atom stereocenters. The van der Waals surface area contributed by atoms with Gasteiger partial charge in [0.2, 0.25) is 0 Å². The Hall–Kier alpha value is -0.340. The van der Waals surface area contributed by atoms with Crippen LogP contribution < -0.4 is 5.32 Å². The lowest BCUT2D eigenvalue weighted by atomic mass is 10.2. The minimum atomic E-state index is 0.578. The maximum atomic E-state index is 3.42. The molecule has 0 aliphatic rings. The largest absolute Gasteiger partial charge is 0.310 e. The van der Waals surface area contributed by atoms with Crippen LogP contribution in [0.2, 0.25) is 0 Å². The molecular formula is C11H19NS. The molecule has 0 saturated carbocycles. The van der Waals surface area contributed by atoms with E-state index in [2.05, 4.69) is 37.5 Å². The summed E-state index contributed by atoms with van der Waals surface area (Å²) >= 11 is 1.89. The molecule has 0 aliphatic heterocycles. The molecule has 13 heavy (non-hydrogen) atoms. The molecule has 1 heterocycles. The van der Waals surface area contributed by atoms with Crippen molar-refractivity contribution >= 4 is 11.3 Å². The zero-order valence-electron chi connectivity index (χ0n) is 8.76. The SMILES string of the molecule is CCCc1cc(CNC(C)C)cs1. The molecule has 1 rings (SSSR count). The van der Waals surface area contributed by atoms with E-state index in [0.717, 1.165) is 6.54 Å². The second-order valence-corrected chi connectivity index (χ2v) is 4.70. The van der Waals surface area contributed by atoms with E-state index in [0.29, 0.717) is 6.04 Å². The first-order chi connectivity index (χ1) is 6.22. The van der Waals surface area contributed by atoms with E-state index in [9.17, 15) is 0 Å². The third kappa shape index (κ3) is 3.92. The summed E-state index contributed by atoms with van der Waals surface area (Å²) in [6.45, 7) is 7.60. The smallest absolute Gasteiger partial charge is 0.0216 e. The molecule has 1 N–H and O–H groups in total. The monoisotopic (exact) mass is 197 g/mol. The van der Waals surface area contributed by atoms with Gasteiger partial charge in [0.1, 0.15) is 0 Å². The maximum absolute atomic E-state index is 3.42. The van der Waals surface area contributed by atoms with Crippen LogP contribution in [0.1, 0.15) is 37.6 Å². The van der Waals surface area contributed by atoms with Gasteiger partial charge in [-0.1, -0.05) is 27.2 Å². The van der Waals surface area contributed by atoms with Crippen molar-refractivity contribution in [1.82, 2.24) is 5.32 Å². The predicted octanol–water partition coefficient (Wildman–Crippen LogP) is 3.20.